The van der Waals surface area contributed by atoms with Gasteiger partial charge < -0.3 is 10.6 Å². The first-order valence-electron chi connectivity index (χ1n) is 6.23. The van der Waals surface area contributed by atoms with Crippen LogP contribution >= 0.6 is 11.3 Å². The maximum atomic E-state index is 5.67. The van der Waals surface area contributed by atoms with Gasteiger partial charge in [0.2, 0.25) is 5.13 Å². The Kier molecular flexibility index (Phi) is 3.15. The van der Waals surface area contributed by atoms with E-state index in [2.05, 4.69) is 15.1 Å². The van der Waals surface area contributed by atoms with E-state index in [1.807, 2.05) is 24.3 Å². The van der Waals surface area contributed by atoms with Crippen molar-refractivity contribution in [3.05, 3.63) is 34.8 Å². The third-order valence-corrected chi connectivity index (χ3v) is 4.15. The highest BCUT2D eigenvalue weighted by molar-refractivity contribution is 7.15. The van der Waals surface area contributed by atoms with Crippen molar-refractivity contribution in [3.63, 3.8) is 0 Å². The van der Waals surface area contributed by atoms with Crippen molar-refractivity contribution in [2.45, 2.75) is 19.3 Å². The summed E-state index contributed by atoms with van der Waals surface area (Å²) in [6.45, 7) is 2.24. The third kappa shape index (κ3) is 2.46. The van der Waals surface area contributed by atoms with Crippen LogP contribution in [0.3, 0.4) is 0 Å². The largest absolute Gasteiger partial charge is 0.399 e. The lowest BCUT2D eigenvalue weighted by molar-refractivity contribution is 0.915. The Morgan fingerprint density at radius 2 is 1.83 bits per heavy atom. The summed E-state index contributed by atoms with van der Waals surface area (Å²) >= 11 is 1.70. The number of nitrogens with two attached hydrogens (primary N) is 1. The summed E-state index contributed by atoms with van der Waals surface area (Å²) in [5.74, 6) is 0. The van der Waals surface area contributed by atoms with Crippen molar-refractivity contribution in [1.82, 2.24) is 10.2 Å². The number of rotatable bonds is 3. The molecule has 3 rings (SSSR count). The van der Waals surface area contributed by atoms with Crippen molar-refractivity contribution < 1.29 is 0 Å². The Bertz CT molecular complexity index is 514. The molecule has 0 saturated carbocycles. The van der Waals surface area contributed by atoms with E-state index in [1.54, 1.807) is 11.3 Å². The fourth-order valence-corrected chi connectivity index (χ4v) is 3.09. The van der Waals surface area contributed by atoms with Gasteiger partial charge in [-0.05, 0) is 30.5 Å². The smallest absolute Gasteiger partial charge is 0.208 e. The lowest BCUT2D eigenvalue weighted by Crippen LogP contribution is -2.17. The Balaban J connectivity index is 1.71. The molecule has 5 heteroatoms. The van der Waals surface area contributed by atoms with Crippen LogP contribution in [0.5, 0.6) is 0 Å². The van der Waals surface area contributed by atoms with Crippen molar-refractivity contribution in [2.24, 2.45) is 0 Å². The van der Waals surface area contributed by atoms with E-state index in [0.717, 1.165) is 35.3 Å². The molecular formula is C13H16N4S. The molecule has 1 aromatic carbocycles. The first-order chi connectivity index (χ1) is 8.81. The zero-order valence-electron chi connectivity index (χ0n) is 10.2. The van der Waals surface area contributed by atoms with E-state index >= 15 is 0 Å². The van der Waals surface area contributed by atoms with Gasteiger partial charge in [0.15, 0.2) is 0 Å². The molecule has 1 aliphatic rings. The number of anilines is 2. The molecule has 1 aromatic heterocycles. The highest BCUT2D eigenvalue weighted by atomic mass is 32.1. The van der Waals surface area contributed by atoms with Crippen LogP contribution < -0.4 is 10.6 Å². The second-order valence-electron chi connectivity index (χ2n) is 4.59. The second-order valence-corrected chi connectivity index (χ2v) is 5.63. The summed E-state index contributed by atoms with van der Waals surface area (Å²) in [7, 11) is 0. The Morgan fingerprint density at radius 3 is 2.56 bits per heavy atom. The van der Waals surface area contributed by atoms with Gasteiger partial charge in [0.25, 0.3) is 0 Å². The molecule has 0 unspecified atom stereocenters. The average molecular weight is 260 g/mol. The van der Waals surface area contributed by atoms with Gasteiger partial charge in [0.05, 0.1) is 0 Å². The van der Waals surface area contributed by atoms with Gasteiger partial charge in [-0.2, -0.15) is 0 Å². The zero-order chi connectivity index (χ0) is 12.4. The molecule has 0 radical (unpaired) electrons. The quantitative estimate of drug-likeness (QED) is 0.860. The molecule has 18 heavy (non-hydrogen) atoms. The van der Waals surface area contributed by atoms with E-state index < -0.39 is 0 Å². The molecule has 0 bridgehead atoms. The molecule has 2 aromatic rings. The van der Waals surface area contributed by atoms with Crippen LogP contribution in [0.1, 0.15) is 23.4 Å². The van der Waals surface area contributed by atoms with Crippen LogP contribution in [0.15, 0.2) is 24.3 Å². The predicted molar refractivity (Wildman–Crippen MR) is 75.0 cm³/mol. The van der Waals surface area contributed by atoms with E-state index in [9.17, 15) is 0 Å². The number of hydrogen-bond donors (Lipinski definition) is 1. The van der Waals surface area contributed by atoms with E-state index in [-0.39, 0.29) is 0 Å². The summed E-state index contributed by atoms with van der Waals surface area (Å²) in [4.78, 5) is 2.32. The average Bonchev–Trinajstić information content (AvgIpc) is 3.02. The first kappa shape index (κ1) is 11.5. The lowest BCUT2D eigenvalue weighted by Gasteiger charge is -2.10. The molecule has 2 N–H and O–H groups in total. The van der Waals surface area contributed by atoms with Crippen LogP contribution in [0, 0.1) is 0 Å². The standard InChI is InChI=1S/C13H16N4S/c14-11-5-3-10(4-6-11)9-12-15-16-13(18-12)17-7-1-2-8-17/h3-6H,1-2,7-9,14H2. The minimum atomic E-state index is 0.800. The molecule has 0 atom stereocenters. The number of hydrogen-bond acceptors (Lipinski definition) is 5. The van der Waals surface area contributed by atoms with Crippen molar-refractivity contribution in [1.29, 1.82) is 0 Å². The van der Waals surface area contributed by atoms with Crippen molar-refractivity contribution in [3.8, 4) is 0 Å². The van der Waals surface area contributed by atoms with E-state index in [4.69, 9.17) is 5.73 Å². The monoisotopic (exact) mass is 260 g/mol. The van der Waals surface area contributed by atoms with Crippen LogP contribution in [0.4, 0.5) is 10.8 Å². The highest BCUT2D eigenvalue weighted by Crippen LogP contribution is 2.25. The summed E-state index contributed by atoms with van der Waals surface area (Å²) in [5, 5.41) is 10.7. The summed E-state index contributed by atoms with van der Waals surface area (Å²) < 4.78 is 0. The number of nitrogen functional groups attached to an aromatic ring is 1. The number of aromatic nitrogens is 2. The summed E-state index contributed by atoms with van der Waals surface area (Å²) in [6, 6.07) is 7.95. The molecule has 1 fully saturated rings. The number of nitrogens with zero attached hydrogens (tertiary/aromatic N) is 3. The number of benzene rings is 1. The normalized spacial score (nSPS) is 15.2. The van der Waals surface area contributed by atoms with Gasteiger partial charge in [0.1, 0.15) is 5.01 Å². The van der Waals surface area contributed by atoms with Crippen molar-refractivity contribution in [2.75, 3.05) is 23.7 Å². The molecule has 94 valence electrons. The lowest BCUT2D eigenvalue weighted by atomic mass is 10.1. The van der Waals surface area contributed by atoms with E-state index in [0.29, 0.717) is 0 Å². The van der Waals surface area contributed by atoms with Crippen LogP contribution in [0.25, 0.3) is 0 Å². The fourth-order valence-electron chi connectivity index (χ4n) is 2.16. The van der Waals surface area contributed by atoms with Crippen LogP contribution in [0.2, 0.25) is 0 Å². The molecule has 4 nitrogen and oxygen atoms in total. The maximum absolute atomic E-state index is 5.67. The van der Waals surface area contributed by atoms with Gasteiger partial charge in [-0.1, -0.05) is 23.5 Å². The minimum absolute atomic E-state index is 0.800. The molecular weight excluding hydrogens is 244 g/mol. The molecule has 1 saturated heterocycles. The molecule has 0 aliphatic carbocycles. The topological polar surface area (TPSA) is 55.0 Å². The fraction of sp³-hybridized carbons (Fsp3) is 0.385. The van der Waals surface area contributed by atoms with Gasteiger partial charge in [-0.3, -0.25) is 0 Å². The van der Waals surface area contributed by atoms with Gasteiger partial charge >= 0.3 is 0 Å². The van der Waals surface area contributed by atoms with Crippen LogP contribution in [-0.4, -0.2) is 23.3 Å². The molecule has 0 amide bonds. The Hall–Kier alpha value is -1.62. The van der Waals surface area contributed by atoms with Gasteiger partial charge in [0, 0.05) is 25.2 Å². The van der Waals surface area contributed by atoms with Crippen molar-refractivity contribution >= 4 is 22.2 Å². The molecule has 0 spiro atoms. The molecule has 2 heterocycles. The van der Waals surface area contributed by atoms with Gasteiger partial charge in [-0.25, -0.2) is 0 Å². The zero-order valence-corrected chi connectivity index (χ0v) is 11.0. The SMILES string of the molecule is Nc1ccc(Cc2nnc(N3CCCC3)s2)cc1. The highest BCUT2D eigenvalue weighted by Gasteiger charge is 2.16. The summed E-state index contributed by atoms with van der Waals surface area (Å²) in [5.41, 5.74) is 7.70. The first-order valence-corrected chi connectivity index (χ1v) is 7.05. The second kappa shape index (κ2) is 4.94. The third-order valence-electron chi connectivity index (χ3n) is 3.17. The predicted octanol–water partition coefficient (Wildman–Crippen LogP) is 2.31. The summed E-state index contributed by atoms with van der Waals surface area (Å²) in [6.07, 6.45) is 3.38. The van der Waals surface area contributed by atoms with Crippen LogP contribution in [-0.2, 0) is 6.42 Å². The molecule has 1 aliphatic heterocycles. The minimum Gasteiger partial charge on any atom is -0.399 e. The Labute approximate surface area is 110 Å². The van der Waals surface area contributed by atoms with Gasteiger partial charge in [-0.15, -0.1) is 10.2 Å². The maximum Gasteiger partial charge on any atom is 0.208 e. The Morgan fingerprint density at radius 1 is 1.11 bits per heavy atom. The van der Waals surface area contributed by atoms with E-state index in [1.165, 1.54) is 18.4 Å².